The fourth-order valence-electron chi connectivity index (χ4n) is 8.75. The van der Waals surface area contributed by atoms with Crippen LogP contribution < -0.4 is 0 Å². The molecule has 4 aliphatic rings. The Morgan fingerprint density at radius 1 is 1.23 bits per heavy atom. The summed E-state index contributed by atoms with van der Waals surface area (Å²) in [5.41, 5.74) is -0.909. The Morgan fingerprint density at radius 2 is 1.97 bits per heavy atom. The van der Waals surface area contributed by atoms with Gasteiger partial charge in [0.2, 0.25) is 0 Å². The molecule has 1 aromatic rings. The van der Waals surface area contributed by atoms with Crippen molar-refractivity contribution >= 4 is 11.6 Å². The molecule has 0 aromatic carbocycles. The zero-order valence-electron chi connectivity index (χ0n) is 23.0. The van der Waals surface area contributed by atoms with Crippen molar-refractivity contribution in [3.8, 4) is 0 Å². The topological polar surface area (TPSA) is 116 Å². The molecule has 0 radical (unpaired) electrons. The molecule has 3 fully saturated rings. The Balaban J connectivity index is 1.52. The maximum Gasteiger partial charge on any atom is 0.289 e. The van der Waals surface area contributed by atoms with Gasteiger partial charge in [-0.2, -0.15) is 0 Å². The summed E-state index contributed by atoms with van der Waals surface area (Å²) < 4.78 is 32.6. The fraction of sp³-hybridized carbons (Fsp3) is 0.724. The number of aliphatic hydroxyl groups is 3. The fourth-order valence-corrected chi connectivity index (χ4v) is 8.75. The maximum atomic E-state index is 13.7. The van der Waals surface area contributed by atoms with Crippen LogP contribution in [0.15, 0.2) is 39.6 Å². The Kier molecular flexibility index (Phi) is 7.21. The summed E-state index contributed by atoms with van der Waals surface area (Å²) in [7, 11) is 1.46. The van der Waals surface area contributed by atoms with Gasteiger partial charge in [0, 0.05) is 17.4 Å². The van der Waals surface area contributed by atoms with Crippen LogP contribution in [0.4, 0.5) is 8.78 Å². The first-order valence-corrected chi connectivity index (χ1v) is 13.9. The van der Waals surface area contributed by atoms with Crippen molar-refractivity contribution in [2.45, 2.75) is 89.6 Å². The van der Waals surface area contributed by atoms with E-state index < -0.39 is 53.6 Å². The maximum absolute atomic E-state index is 13.7. The van der Waals surface area contributed by atoms with Crippen LogP contribution in [0.1, 0.15) is 69.9 Å². The van der Waals surface area contributed by atoms with Crippen molar-refractivity contribution in [1.29, 1.82) is 0 Å². The van der Waals surface area contributed by atoms with Gasteiger partial charge >= 0.3 is 0 Å². The summed E-state index contributed by atoms with van der Waals surface area (Å²) in [6, 6.07) is 2.46. The highest BCUT2D eigenvalue weighted by Gasteiger charge is 2.67. The molecule has 1 amide bonds. The third kappa shape index (κ3) is 4.25. The van der Waals surface area contributed by atoms with Gasteiger partial charge in [0.25, 0.3) is 12.3 Å². The molecule has 3 unspecified atom stereocenters. The number of rotatable bonds is 6. The summed E-state index contributed by atoms with van der Waals surface area (Å²) in [4.78, 5) is 19.6. The summed E-state index contributed by atoms with van der Waals surface area (Å²) in [6.45, 7) is 5.18. The number of aliphatic hydroxyl groups excluding tert-OH is 2. The Morgan fingerprint density at radius 3 is 2.62 bits per heavy atom. The van der Waals surface area contributed by atoms with E-state index in [1.54, 1.807) is 13.0 Å². The molecule has 0 bridgehead atoms. The SMILES string of the molecule is CO/N=C1\C=C2C(CC[C@]3(C)C(C(C)N(CC(F)F)C(=O)c4ccco4)CC[C@@]23O)[C@@]2(C)C[C@H](O)[C@H](O)C[C@@H]12. The van der Waals surface area contributed by atoms with E-state index in [2.05, 4.69) is 12.1 Å². The standard InChI is InChI=1S/C29H40F2N2O6/c1-16(33(15-25(30)31)26(36)24-6-5-11-39-24)17-8-10-29(37)19-12-21(32-38-4)20-13-22(34)23(35)14-27(20,2)18(19)7-9-28(17,29)3/h5-6,11-12,16-18,20,22-23,25,34-35,37H,7-10,13-15H2,1-4H3/b32-21+/t16?,17?,18?,20-,22+,23-,27+,28+,29+/m0/s1. The highest BCUT2D eigenvalue weighted by atomic mass is 19.3. The lowest BCUT2D eigenvalue weighted by Crippen LogP contribution is -2.61. The second kappa shape index (κ2) is 9.96. The molecule has 4 aliphatic carbocycles. The number of halogens is 2. The van der Waals surface area contributed by atoms with E-state index in [1.165, 1.54) is 24.3 Å². The lowest BCUT2D eigenvalue weighted by atomic mass is 9.46. The monoisotopic (exact) mass is 550 g/mol. The number of nitrogens with zero attached hydrogens (tertiary/aromatic N) is 2. The molecule has 3 saturated carbocycles. The number of oxime groups is 1. The molecule has 0 spiro atoms. The smallest absolute Gasteiger partial charge is 0.289 e. The van der Waals surface area contributed by atoms with Crippen molar-refractivity contribution in [2.24, 2.45) is 33.7 Å². The number of carbonyl (C=O) groups is 1. The molecule has 0 saturated heterocycles. The van der Waals surface area contributed by atoms with E-state index in [0.29, 0.717) is 37.8 Å². The minimum Gasteiger partial charge on any atom is -0.459 e. The molecule has 216 valence electrons. The molecule has 5 rings (SSSR count). The van der Waals surface area contributed by atoms with Crippen LogP contribution >= 0.6 is 0 Å². The normalized spacial score (nSPS) is 41.4. The highest BCUT2D eigenvalue weighted by molar-refractivity contribution is 5.99. The number of allylic oxidation sites excluding steroid dienone is 1. The largest absolute Gasteiger partial charge is 0.459 e. The van der Waals surface area contributed by atoms with Gasteiger partial charge in [-0.3, -0.25) is 4.79 Å². The summed E-state index contributed by atoms with van der Waals surface area (Å²) >= 11 is 0. The lowest BCUT2D eigenvalue weighted by molar-refractivity contribution is -0.124. The molecule has 8 nitrogen and oxygen atoms in total. The third-order valence-corrected chi connectivity index (χ3v) is 10.8. The molecule has 39 heavy (non-hydrogen) atoms. The first-order valence-electron chi connectivity index (χ1n) is 13.9. The van der Waals surface area contributed by atoms with E-state index in [9.17, 15) is 28.9 Å². The van der Waals surface area contributed by atoms with Crippen molar-refractivity contribution in [1.82, 2.24) is 4.90 Å². The van der Waals surface area contributed by atoms with Gasteiger partial charge < -0.3 is 29.5 Å². The number of fused-ring (bicyclic) bond motifs is 5. The number of hydrogen-bond donors (Lipinski definition) is 3. The van der Waals surface area contributed by atoms with Gasteiger partial charge in [-0.25, -0.2) is 8.78 Å². The summed E-state index contributed by atoms with van der Waals surface area (Å²) in [5, 5.41) is 38.0. The van der Waals surface area contributed by atoms with Gasteiger partial charge in [0.15, 0.2) is 5.76 Å². The molecule has 9 atom stereocenters. The minimum absolute atomic E-state index is 0.0111. The summed E-state index contributed by atoms with van der Waals surface area (Å²) in [5.74, 6) is -1.00. The van der Waals surface area contributed by atoms with Crippen LogP contribution in [0.2, 0.25) is 0 Å². The van der Waals surface area contributed by atoms with Gasteiger partial charge in [-0.05, 0) is 86.5 Å². The van der Waals surface area contributed by atoms with Crippen LogP contribution in [-0.2, 0) is 4.84 Å². The summed E-state index contributed by atoms with van der Waals surface area (Å²) in [6.07, 6.45) is 1.88. The quantitative estimate of drug-likeness (QED) is 0.461. The molecule has 1 aromatic heterocycles. The number of carbonyl (C=O) groups excluding carboxylic acids is 1. The second-order valence-corrected chi connectivity index (χ2v) is 12.5. The van der Waals surface area contributed by atoms with E-state index in [4.69, 9.17) is 9.25 Å². The zero-order chi connectivity index (χ0) is 28.3. The van der Waals surface area contributed by atoms with Crippen molar-refractivity contribution in [3.05, 3.63) is 35.8 Å². The molecule has 3 N–H and O–H groups in total. The van der Waals surface area contributed by atoms with Gasteiger partial charge in [-0.15, -0.1) is 0 Å². The third-order valence-electron chi connectivity index (χ3n) is 10.8. The average Bonchev–Trinajstić information content (AvgIpc) is 3.50. The molecule has 10 heteroatoms. The number of furan rings is 1. The van der Waals surface area contributed by atoms with E-state index in [1.807, 2.05) is 13.0 Å². The first-order chi connectivity index (χ1) is 18.4. The van der Waals surface area contributed by atoms with Crippen LogP contribution in [0.5, 0.6) is 0 Å². The zero-order valence-corrected chi connectivity index (χ0v) is 23.0. The van der Waals surface area contributed by atoms with Gasteiger partial charge in [0.1, 0.15) is 7.11 Å². The number of alkyl halides is 2. The average molecular weight is 551 g/mol. The Bertz CT molecular complexity index is 1140. The van der Waals surface area contributed by atoms with Crippen LogP contribution in [0.25, 0.3) is 0 Å². The second-order valence-electron chi connectivity index (χ2n) is 12.5. The molecule has 0 aliphatic heterocycles. The van der Waals surface area contributed by atoms with Crippen molar-refractivity contribution in [2.75, 3.05) is 13.7 Å². The molecular weight excluding hydrogens is 510 g/mol. The lowest BCUT2D eigenvalue weighted by Gasteiger charge is -2.60. The number of hydrogen-bond acceptors (Lipinski definition) is 7. The predicted molar refractivity (Wildman–Crippen MR) is 139 cm³/mol. The van der Waals surface area contributed by atoms with E-state index in [0.717, 1.165) is 12.0 Å². The van der Waals surface area contributed by atoms with Gasteiger partial charge in [-0.1, -0.05) is 19.0 Å². The van der Waals surface area contributed by atoms with E-state index >= 15 is 0 Å². The van der Waals surface area contributed by atoms with Crippen molar-refractivity contribution in [3.63, 3.8) is 0 Å². The van der Waals surface area contributed by atoms with Crippen molar-refractivity contribution < 1.29 is 38.1 Å². The Hall–Kier alpha value is -2.30. The highest BCUT2D eigenvalue weighted by Crippen LogP contribution is 2.67. The van der Waals surface area contributed by atoms with Gasteiger partial charge in [0.05, 0.1) is 36.3 Å². The van der Waals surface area contributed by atoms with E-state index in [-0.39, 0.29) is 23.5 Å². The Labute approximate surface area is 227 Å². The predicted octanol–water partition coefficient (Wildman–Crippen LogP) is 4.01. The molecule has 1 heterocycles. The van der Waals surface area contributed by atoms with Crippen LogP contribution in [-0.4, -0.2) is 75.8 Å². The minimum atomic E-state index is -2.71. The first kappa shape index (κ1) is 28.2. The molecular formula is C29H40F2N2O6. The van der Waals surface area contributed by atoms with Crippen LogP contribution in [0, 0.1) is 28.6 Å². The van der Waals surface area contributed by atoms with Crippen LogP contribution in [0.3, 0.4) is 0 Å². The number of amides is 1.